The predicted molar refractivity (Wildman–Crippen MR) is 75.0 cm³/mol. The molecule has 0 saturated carbocycles. The molecule has 2 aromatic carbocycles. The summed E-state index contributed by atoms with van der Waals surface area (Å²) in [6.07, 6.45) is 0. The Hall–Kier alpha value is -1.94. The Morgan fingerprint density at radius 2 is 1.85 bits per heavy atom. The maximum absolute atomic E-state index is 13.8. The van der Waals surface area contributed by atoms with E-state index in [0.29, 0.717) is 0 Å². The van der Waals surface area contributed by atoms with E-state index in [0.717, 1.165) is 16.7 Å². The van der Waals surface area contributed by atoms with Crippen molar-refractivity contribution in [2.45, 2.75) is 13.0 Å². The Kier molecular flexibility index (Phi) is 4.35. The first-order valence-electron chi connectivity index (χ1n) is 6.33. The van der Waals surface area contributed by atoms with Gasteiger partial charge in [-0.05, 0) is 54.9 Å². The van der Waals surface area contributed by atoms with Crippen LogP contribution in [0.15, 0.2) is 36.4 Å². The van der Waals surface area contributed by atoms with E-state index in [-0.39, 0.29) is 17.6 Å². The number of hydrogen-bond acceptors (Lipinski definition) is 2. The van der Waals surface area contributed by atoms with Gasteiger partial charge in [0.15, 0.2) is 11.6 Å². The standard InChI is InChI=1S/C16H17F2NO/c1-10-4-6-12(17)9-13(10)16(19-2)11-5-7-15(20-3)14(18)8-11/h4-9,16,19H,1-3H3. The van der Waals surface area contributed by atoms with Crippen LogP contribution in [0.2, 0.25) is 0 Å². The first-order chi connectivity index (χ1) is 9.56. The lowest BCUT2D eigenvalue weighted by Gasteiger charge is -2.20. The monoisotopic (exact) mass is 277 g/mol. The highest BCUT2D eigenvalue weighted by Crippen LogP contribution is 2.28. The molecule has 2 aromatic rings. The quantitative estimate of drug-likeness (QED) is 0.922. The molecule has 0 radical (unpaired) electrons. The van der Waals surface area contributed by atoms with Crippen molar-refractivity contribution in [3.8, 4) is 5.75 Å². The lowest BCUT2D eigenvalue weighted by atomic mass is 9.95. The molecule has 2 nitrogen and oxygen atoms in total. The minimum absolute atomic E-state index is 0.194. The van der Waals surface area contributed by atoms with Crippen molar-refractivity contribution >= 4 is 0 Å². The number of methoxy groups -OCH3 is 1. The van der Waals surface area contributed by atoms with E-state index in [1.54, 1.807) is 25.2 Å². The van der Waals surface area contributed by atoms with Gasteiger partial charge >= 0.3 is 0 Å². The van der Waals surface area contributed by atoms with Gasteiger partial charge < -0.3 is 10.1 Å². The lowest BCUT2D eigenvalue weighted by molar-refractivity contribution is 0.386. The Morgan fingerprint density at radius 1 is 1.10 bits per heavy atom. The molecule has 0 aliphatic rings. The van der Waals surface area contributed by atoms with Crippen LogP contribution in [0.1, 0.15) is 22.7 Å². The van der Waals surface area contributed by atoms with Crippen molar-refractivity contribution < 1.29 is 13.5 Å². The molecule has 0 aliphatic carbocycles. The number of hydrogen-bond donors (Lipinski definition) is 1. The first kappa shape index (κ1) is 14.5. The molecule has 0 fully saturated rings. The second-order valence-electron chi connectivity index (χ2n) is 4.62. The number of rotatable bonds is 4. The second-order valence-corrected chi connectivity index (χ2v) is 4.62. The van der Waals surface area contributed by atoms with Crippen LogP contribution in [0.25, 0.3) is 0 Å². The third-order valence-corrected chi connectivity index (χ3v) is 3.35. The molecule has 0 aromatic heterocycles. The summed E-state index contributed by atoms with van der Waals surface area (Å²) in [7, 11) is 3.18. The SMILES string of the molecule is CNC(c1ccc(OC)c(F)c1)c1cc(F)ccc1C. The fourth-order valence-electron chi connectivity index (χ4n) is 2.29. The van der Waals surface area contributed by atoms with Crippen molar-refractivity contribution in [2.24, 2.45) is 0 Å². The molecule has 0 spiro atoms. The molecular formula is C16H17F2NO. The molecule has 1 N–H and O–H groups in total. The van der Waals surface area contributed by atoms with Crippen LogP contribution < -0.4 is 10.1 Å². The van der Waals surface area contributed by atoms with E-state index in [4.69, 9.17) is 4.74 Å². The molecular weight excluding hydrogens is 260 g/mol. The van der Waals surface area contributed by atoms with E-state index in [2.05, 4.69) is 5.32 Å². The Balaban J connectivity index is 2.46. The summed E-state index contributed by atoms with van der Waals surface area (Å²) >= 11 is 0. The lowest BCUT2D eigenvalue weighted by Crippen LogP contribution is -2.19. The van der Waals surface area contributed by atoms with E-state index in [9.17, 15) is 8.78 Å². The van der Waals surface area contributed by atoms with Crippen molar-refractivity contribution in [1.82, 2.24) is 5.32 Å². The normalized spacial score (nSPS) is 12.2. The molecule has 4 heteroatoms. The summed E-state index contributed by atoms with van der Waals surface area (Å²) in [6.45, 7) is 1.90. The number of halogens is 2. The minimum atomic E-state index is -0.431. The summed E-state index contributed by atoms with van der Waals surface area (Å²) in [5.74, 6) is -0.543. The molecule has 0 aliphatic heterocycles. The Morgan fingerprint density at radius 3 is 2.45 bits per heavy atom. The molecule has 0 amide bonds. The van der Waals surface area contributed by atoms with Crippen LogP contribution >= 0.6 is 0 Å². The number of benzene rings is 2. The number of ether oxygens (including phenoxy) is 1. The van der Waals surface area contributed by atoms with E-state index < -0.39 is 5.82 Å². The summed E-state index contributed by atoms with van der Waals surface area (Å²) in [6, 6.07) is 9.08. The Bertz CT molecular complexity index is 613. The van der Waals surface area contributed by atoms with Gasteiger partial charge in [0, 0.05) is 0 Å². The van der Waals surface area contributed by atoms with E-state index in [1.807, 2.05) is 6.92 Å². The van der Waals surface area contributed by atoms with Crippen molar-refractivity contribution in [2.75, 3.05) is 14.2 Å². The van der Waals surface area contributed by atoms with Gasteiger partial charge in [0.25, 0.3) is 0 Å². The highest BCUT2D eigenvalue weighted by Gasteiger charge is 2.17. The van der Waals surface area contributed by atoms with Gasteiger partial charge in [-0.1, -0.05) is 12.1 Å². The first-order valence-corrected chi connectivity index (χ1v) is 6.33. The predicted octanol–water partition coefficient (Wildman–Crippen LogP) is 3.59. The van der Waals surface area contributed by atoms with Crippen LogP contribution in [0, 0.1) is 18.6 Å². The summed E-state index contributed by atoms with van der Waals surface area (Å²) in [5.41, 5.74) is 2.46. The molecule has 1 atom stereocenters. The molecule has 0 saturated heterocycles. The number of nitrogens with one attached hydrogen (secondary N) is 1. The minimum Gasteiger partial charge on any atom is -0.494 e. The van der Waals surface area contributed by atoms with Crippen molar-refractivity contribution in [3.63, 3.8) is 0 Å². The van der Waals surface area contributed by atoms with Gasteiger partial charge in [-0.15, -0.1) is 0 Å². The number of aryl methyl sites for hydroxylation is 1. The fourth-order valence-corrected chi connectivity index (χ4v) is 2.29. The molecule has 1 unspecified atom stereocenters. The van der Waals surface area contributed by atoms with Gasteiger partial charge in [-0.2, -0.15) is 0 Å². The maximum atomic E-state index is 13.8. The Labute approximate surface area is 117 Å². The largest absolute Gasteiger partial charge is 0.494 e. The van der Waals surface area contributed by atoms with E-state index in [1.165, 1.54) is 25.3 Å². The summed E-state index contributed by atoms with van der Waals surface area (Å²) < 4.78 is 32.2. The van der Waals surface area contributed by atoms with Gasteiger partial charge in [-0.3, -0.25) is 0 Å². The zero-order chi connectivity index (χ0) is 14.7. The van der Waals surface area contributed by atoms with Gasteiger partial charge in [-0.25, -0.2) is 8.78 Å². The third-order valence-electron chi connectivity index (χ3n) is 3.35. The average molecular weight is 277 g/mol. The highest BCUT2D eigenvalue weighted by atomic mass is 19.1. The summed E-state index contributed by atoms with van der Waals surface area (Å²) in [5, 5.41) is 3.09. The van der Waals surface area contributed by atoms with Crippen LogP contribution in [0.5, 0.6) is 5.75 Å². The smallest absolute Gasteiger partial charge is 0.165 e. The van der Waals surface area contributed by atoms with E-state index >= 15 is 0 Å². The van der Waals surface area contributed by atoms with Crippen LogP contribution in [0.3, 0.4) is 0 Å². The highest BCUT2D eigenvalue weighted by molar-refractivity contribution is 5.39. The molecule has 0 bridgehead atoms. The molecule has 0 heterocycles. The van der Waals surface area contributed by atoms with Crippen LogP contribution in [0.4, 0.5) is 8.78 Å². The zero-order valence-corrected chi connectivity index (χ0v) is 11.7. The topological polar surface area (TPSA) is 21.3 Å². The fraction of sp³-hybridized carbons (Fsp3) is 0.250. The maximum Gasteiger partial charge on any atom is 0.165 e. The molecule has 20 heavy (non-hydrogen) atoms. The van der Waals surface area contributed by atoms with Gasteiger partial charge in [0.05, 0.1) is 13.2 Å². The molecule has 106 valence electrons. The third kappa shape index (κ3) is 2.80. The van der Waals surface area contributed by atoms with Crippen LogP contribution in [-0.2, 0) is 0 Å². The van der Waals surface area contributed by atoms with Crippen LogP contribution in [-0.4, -0.2) is 14.2 Å². The zero-order valence-electron chi connectivity index (χ0n) is 11.7. The van der Waals surface area contributed by atoms with Crippen molar-refractivity contribution in [3.05, 3.63) is 64.7 Å². The summed E-state index contributed by atoms with van der Waals surface area (Å²) in [4.78, 5) is 0. The van der Waals surface area contributed by atoms with Crippen molar-refractivity contribution in [1.29, 1.82) is 0 Å². The van der Waals surface area contributed by atoms with Gasteiger partial charge in [0.2, 0.25) is 0 Å². The average Bonchev–Trinajstić information content (AvgIpc) is 2.44. The molecule has 2 rings (SSSR count). The van der Waals surface area contributed by atoms with Gasteiger partial charge in [0.1, 0.15) is 5.82 Å². The second kappa shape index (κ2) is 6.01.